The molecule has 4 rings (SSSR count). The van der Waals surface area contributed by atoms with Crippen LogP contribution in [0.4, 0.5) is 11.4 Å². The van der Waals surface area contributed by atoms with Gasteiger partial charge in [-0.25, -0.2) is 0 Å². The summed E-state index contributed by atoms with van der Waals surface area (Å²) in [4.78, 5) is 29.0. The summed E-state index contributed by atoms with van der Waals surface area (Å²) in [6.45, 7) is 6.38. The van der Waals surface area contributed by atoms with Crippen molar-refractivity contribution in [3.63, 3.8) is 0 Å². The third-order valence-electron chi connectivity index (χ3n) is 6.30. The predicted octanol–water partition coefficient (Wildman–Crippen LogP) is 4.81. The third-order valence-corrected chi connectivity index (χ3v) is 6.81. The smallest absolute Gasteiger partial charge is 0.264 e. The van der Waals surface area contributed by atoms with Crippen molar-refractivity contribution in [2.75, 3.05) is 43.0 Å². The molecule has 1 aliphatic heterocycles. The first-order valence-corrected chi connectivity index (χ1v) is 12.8. The standard InChI is InChI=1S/C28H29ClN4O3S/c1-19-7-6-10-25(20(19)2)36-18-26(34)31-28(37)30-22-11-12-24(23(29)17-22)32-13-15-33(16-14-32)27(35)21-8-4-3-5-9-21/h3-12,17H,13-16,18H2,1-2H3,(H2,30,31,34,37). The Labute approximate surface area is 227 Å². The van der Waals surface area contributed by atoms with Crippen LogP contribution in [0.25, 0.3) is 0 Å². The SMILES string of the molecule is Cc1cccc(OCC(=O)NC(=S)Nc2ccc(N3CCN(C(=O)c4ccccc4)CC3)c(Cl)c2)c1C. The predicted molar refractivity (Wildman–Crippen MR) is 152 cm³/mol. The van der Waals surface area contributed by atoms with Crippen LogP contribution in [-0.4, -0.2) is 54.6 Å². The highest BCUT2D eigenvalue weighted by Gasteiger charge is 2.23. The fraction of sp³-hybridized carbons (Fsp3) is 0.250. The van der Waals surface area contributed by atoms with Gasteiger partial charge in [0.05, 0.1) is 10.7 Å². The first kappa shape index (κ1) is 26.4. The van der Waals surface area contributed by atoms with Crippen LogP contribution >= 0.6 is 23.8 Å². The zero-order chi connectivity index (χ0) is 26.4. The lowest BCUT2D eigenvalue weighted by Crippen LogP contribution is -2.48. The van der Waals surface area contributed by atoms with Crippen molar-refractivity contribution in [1.82, 2.24) is 10.2 Å². The van der Waals surface area contributed by atoms with E-state index in [4.69, 9.17) is 28.6 Å². The minimum atomic E-state index is -0.357. The van der Waals surface area contributed by atoms with Crippen molar-refractivity contribution in [2.24, 2.45) is 0 Å². The van der Waals surface area contributed by atoms with E-state index in [0.29, 0.717) is 48.2 Å². The lowest BCUT2D eigenvalue weighted by molar-refractivity contribution is -0.121. The summed E-state index contributed by atoms with van der Waals surface area (Å²) in [5.41, 5.74) is 4.33. The highest BCUT2D eigenvalue weighted by Crippen LogP contribution is 2.30. The van der Waals surface area contributed by atoms with E-state index in [1.54, 1.807) is 6.07 Å². The summed E-state index contributed by atoms with van der Waals surface area (Å²) in [5, 5.41) is 6.33. The number of carbonyl (C=O) groups excluding carboxylic acids is 2. The van der Waals surface area contributed by atoms with Gasteiger partial charge in [-0.05, 0) is 73.6 Å². The summed E-state index contributed by atoms with van der Waals surface area (Å²) in [6, 6.07) is 20.6. The van der Waals surface area contributed by atoms with E-state index >= 15 is 0 Å². The van der Waals surface area contributed by atoms with Gasteiger partial charge in [0.15, 0.2) is 11.7 Å². The van der Waals surface area contributed by atoms with Gasteiger partial charge in [0.1, 0.15) is 5.75 Å². The van der Waals surface area contributed by atoms with E-state index in [1.807, 2.05) is 79.4 Å². The van der Waals surface area contributed by atoms with Crippen LogP contribution in [0.2, 0.25) is 5.02 Å². The van der Waals surface area contributed by atoms with Crippen molar-refractivity contribution in [1.29, 1.82) is 0 Å². The molecule has 0 saturated carbocycles. The van der Waals surface area contributed by atoms with Crippen LogP contribution in [0, 0.1) is 13.8 Å². The van der Waals surface area contributed by atoms with Gasteiger partial charge in [-0.1, -0.05) is 41.9 Å². The van der Waals surface area contributed by atoms with Gasteiger partial charge in [0.25, 0.3) is 11.8 Å². The van der Waals surface area contributed by atoms with Crippen molar-refractivity contribution < 1.29 is 14.3 Å². The van der Waals surface area contributed by atoms with Crippen LogP contribution in [0.1, 0.15) is 21.5 Å². The van der Waals surface area contributed by atoms with Crippen LogP contribution in [-0.2, 0) is 4.79 Å². The quantitative estimate of drug-likeness (QED) is 0.440. The van der Waals surface area contributed by atoms with Gasteiger partial charge < -0.3 is 19.9 Å². The average molecular weight is 537 g/mol. The molecule has 2 amide bonds. The Morgan fingerprint density at radius 3 is 2.41 bits per heavy atom. The lowest BCUT2D eigenvalue weighted by atomic mass is 10.1. The number of nitrogens with zero attached hydrogens (tertiary/aromatic N) is 2. The van der Waals surface area contributed by atoms with E-state index in [2.05, 4.69) is 15.5 Å². The molecule has 0 unspecified atom stereocenters. The van der Waals surface area contributed by atoms with Gasteiger partial charge in [-0.3, -0.25) is 14.9 Å². The average Bonchev–Trinajstić information content (AvgIpc) is 2.90. The molecule has 1 aliphatic rings. The summed E-state index contributed by atoms with van der Waals surface area (Å²) >= 11 is 11.9. The normalized spacial score (nSPS) is 13.2. The largest absolute Gasteiger partial charge is 0.483 e. The van der Waals surface area contributed by atoms with Crippen molar-refractivity contribution >= 4 is 52.1 Å². The Morgan fingerprint density at radius 2 is 1.70 bits per heavy atom. The topological polar surface area (TPSA) is 73.9 Å². The second-order valence-corrected chi connectivity index (χ2v) is 9.62. The molecular formula is C28H29ClN4O3S. The maximum atomic E-state index is 12.7. The van der Waals surface area contributed by atoms with Crippen LogP contribution in [0.5, 0.6) is 5.75 Å². The van der Waals surface area contributed by atoms with Gasteiger partial charge >= 0.3 is 0 Å². The highest BCUT2D eigenvalue weighted by atomic mass is 35.5. The maximum absolute atomic E-state index is 12.7. The number of anilines is 2. The monoisotopic (exact) mass is 536 g/mol. The Balaban J connectivity index is 1.27. The molecule has 0 aromatic heterocycles. The van der Waals surface area contributed by atoms with Crippen LogP contribution in [0.15, 0.2) is 66.7 Å². The molecule has 9 heteroatoms. The molecule has 3 aromatic rings. The Bertz CT molecular complexity index is 1290. The molecule has 1 heterocycles. The zero-order valence-electron chi connectivity index (χ0n) is 20.8. The minimum absolute atomic E-state index is 0.0425. The summed E-state index contributed by atoms with van der Waals surface area (Å²) in [5.74, 6) is 0.353. The molecule has 3 aromatic carbocycles. The molecule has 192 valence electrons. The van der Waals surface area contributed by atoms with E-state index in [1.165, 1.54) is 0 Å². The number of carbonyl (C=O) groups is 2. The second-order valence-electron chi connectivity index (χ2n) is 8.80. The molecule has 0 radical (unpaired) electrons. The molecule has 2 N–H and O–H groups in total. The molecule has 37 heavy (non-hydrogen) atoms. The number of halogens is 1. The molecular weight excluding hydrogens is 508 g/mol. The number of rotatable bonds is 6. The Hall–Kier alpha value is -3.62. The number of aryl methyl sites for hydroxylation is 1. The van der Waals surface area contributed by atoms with Crippen molar-refractivity contribution in [3.05, 3.63) is 88.4 Å². The van der Waals surface area contributed by atoms with Gasteiger partial charge in [-0.15, -0.1) is 0 Å². The summed E-state index contributed by atoms with van der Waals surface area (Å²) < 4.78 is 5.63. The highest BCUT2D eigenvalue weighted by molar-refractivity contribution is 7.80. The fourth-order valence-corrected chi connectivity index (χ4v) is 4.64. The number of benzene rings is 3. The van der Waals surface area contributed by atoms with Crippen LogP contribution in [0.3, 0.4) is 0 Å². The number of hydrogen-bond acceptors (Lipinski definition) is 5. The minimum Gasteiger partial charge on any atom is -0.483 e. The number of piperazine rings is 1. The number of thiocarbonyl (C=S) groups is 1. The van der Waals surface area contributed by atoms with Crippen LogP contribution < -0.4 is 20.3 Å². The van der Waals surface area contributed by atoms with E-state index in [9.17, 15) is 9.59 Å². The molecule has 1 fully saturated rings. The van der Waals surface area contributed by atoms with Gasteiger partial charge in [-0.2, -0.15) is 0 Å². The number of amides is 2. The first-order valence-electron chi connectivity index (χ1n) is 12.0. The molecule has 0 bridgehead atoms. The van der Waals surface area contributed by atoms with Crippen molar-refractivity contribution in [3.8, 4) is 5.75 Å². The summed E-state index contributed by atoms with van der Waals surface area (Å²) in [6.07, 6.45) is 0. The lowest BCUT2D eigenvalue weighted by Gasteiger charge is -2.36. The van der Waals surface area contributed by atoms with Gasteiger partial charge in [0, 0.05) is 37.4 Å². The Morgan fingerprint density at radius 1 is 0.973 bits per heavy atom. The van der Waals surface area contributed by atoms with Crippen molar-refractivity contribution in [2.45, 2.75) is 13.8 Å². The molecule has 1 saturated heterocycles. The van der Waals surface area contributed by atoms with E-state index in [-0.39, 0.29) is 23.5 Å². The number of ether oxygens (including phenoxy) is 1. The zero-order valence-corrected chi connectivity index (χ0v) is 22.4. The fourth-order valence-electron chi connectivity index (χ4n) is 4.10. The third kappa shape index (κ3) is 6.78. The molecule has 0 spiro atoms. The van der Waals surface area contributed by atoms with E-state index in [0.717, 1.165) is 16.8 Å². The maximum Gasteiger partial charge on any atom is 0.264 e. The number of hydrogen-bond donors (Lipinski definition) is 2. The molecule has 0 aliphatic carbocycles. The summed E-state index contributed by atoms with van der Waals surface area (Å²) in [7, 11) is 0. The molecule has 0 atom stereocenters. The first-order chi connectivity index (χ1) is 17.8. The number of nitrogens with one attached hydrogen (secondary N) is 2. The molecule has 7 nitrogen and oxygen atoms in total. The Kier molecular flexibility index (Phi) is 8.63. The van der Waals surface area contributed by atoms with Gasteiger partial charge in [0.2, 0.25) is 0 Å². The van der Waals surface area contributed by atoms with E-state index < -0.39 is 0 Å². The second kappa shape index (κ2) is 12.1.